The zero-order chi connectivity index (χ0) is 18.6. The van der Waals surface area contributed by atoms with Crippen LogP contribution in [-0.4, -0.2) is 19.2 Å². The van der Waals surface area contributed by atoms with Crippen LogP contribution in [0.25, 0.3) is 0 Å². The first kappa shape index (κ1) is 19.5. The van der Waals surface area contributed by atoms with Gasteiger partial charge in [0.1, 0.15) is 5.75 Å². The molecule has 4 heteroatoms. The van der Waals surface area contributed by atoms with Gasteiger partial charge in [-0.05, 0) is 61.6 Å². The van der Waals surface area contributed by atoms with E-state index in [2.05, 4.69) is 18.2 Å². The predicted molar refractivity (Wildman–Crippen MR) is 101 cm³/mol. The van der Waals surface area contributed by atoms with Crippen molar-refractivity contribution in [3.63, 3.8) is 0 Å². The second-order valence-corrected chi connectivity index (χ2v) is 6.06. The Morgan fingerprint density at radius 3 is 2.27 bits per heavy atom. The number of nitrogens with zero attached hydrogens (tertiary/aromatic N) is 1. The van der Waals surface area contributed by atoms with Crippen LogP contribution < -0.4 is 4.74 Å². The summed E-state index contributed by atoms with van der Waals surface area (Å²) in [4.78, 5) is 11.8. The lowest BCUT2D eigenvalue weighted by atomic mass is 10.1. The number of rotatable bonds is 10. The maximum Gasteiger partial charge on any atom is 0.305 e. The zero-order valence-corrected chi connectivity index (χ0v) is 15.2. The summed E-state index contributed by atoms with van der Waals surface area (Å²) < 4.78 is 10.7. The Hall–Kier alpha value is -2.80. The number of aryl methyl sites for hydroxylation is 1. The molecule has 136 valence electrons. The molecule has 2 aromatic carbocycles. The largest absolute Gasteiger partial charge is 0.494 e. The lowest BCUT2D eigenvalue weighted by Crippen LogP contribution is -2.07. The van der Waals surface area contributed by atoms with E-state index in [4.69, 9.17) is 14.7 Å². The highest BCUT2D eigenvalue weighted by Gasteiger charge is 2.04. The van der Waals surface area contributed by atoms with Crippen LogP contribution in [0.4, 0.5) is 0 Å². The van der Waals surface area contributed by atoms with Gasteiger partial charge in [0.2, 0.25) is 0 Å². The quantitative estimate of drug-likeness (QED) is 0.468. The van der Waals surface area contributed by atoms with E-state index in [1.165, 1.54) is 5.56 Å². The molecule has 0 bridgehead atoms. The average Bonchev–Trinajstić information content (AvgIpc) is 2.67. The van der Waals surface area contributed by atoms with Crippen molar-refractivity contribution in [1.29, 1.82) is 5.26 Å². The Labute approximate surface area is 155 Å². The topological polar surface area (TPSA) is 59.3 Å². The Morgan fingerprint density at radius 1 is 0.962 bits per heavy atom. The maximum atomic E-state index is 11.8. The van der Waals surface area contributed by atoms with Crippen molar-refractivity contribution in [1.82, 2.24) is 0 Å². The molecule has 26 heavy (non-hydrogen) atoms. The number of esters is 1. The number of hydrogen-bond donors (Lipinski definition) is 0. The molecule has 0 saturated heterocycles. The first-order valence-corrected chi connectivity index (χ1v) is 9.07. The van der Waals surface area contributed by atoms with Gasteiger partial charge in [0.05, 0.1) is 24.8 Å². The number of hydrogen-bond acceptors (Lipinski definition) is 4. The molecule has 0 aliphatic heterocycles. The van der Waals surface area contributed by atoms with Crippen molar-refractivity contribution >= 4 is 5.97 Å². The molecule has 0 spiro atoms. The normalized spacial score (nSPS) is 10.2. The predicted octanol–water partition coefficient (Wildman–Crippen LogP) is 4.46. The summed E-state index contributed by atoms with van der Waals surface area (Å²) >= 11 is 0. The van der Waals surface area contributed by atoms with Crippen LogP contribution in [0, 0.1) is 11.3 Å². The average molecular weight is 351 g/mol. The third-order valence-electron chi connectivity index (χ3n) is 4.07. The summed E-state index contributed by atoms with van der Waals surface area (Å²) in [6.45, 7) is 3.02. The number of unbranched alkanes of at least 4 members (excludes halogenated alkanes) is 1. The molecule has 0 aliphatic rings. The van der Waals surface area contributed by atoms with Gasteiger partial charge < -0.3 is 9.47 Å². The maximum absolute atomic E-state index is 11.8. The second-order valence-electron chi connectivity index (χ2n) is 6.06. The Bertz CT molecular complexity index is 715. The Kier molecular flexibility index (Phi) is 8.21. The van der Waals surface area contributed by atoms with Crippen LogP contribution in [0.1, 0.15) is 42.9 Å². The van der Waals surface area contributed by atoms with Gasteiger partial charge >= 0.3 is 5.97 Å². The number of carbonyl (C=O) groups excluding carboxylic acids is 1. The molecule has 4 nitrogen and oxygen atoms in total. The molecule has 0 saturated carbocycles. The van der Waals surface area contributed by atoms with E-state index in [9.17, 15) is 4.79 Å². The fourth-order valence-electron chi connectivity index (χ4n) is 2.62. The minimum absolute atomic E-state index is 0.148. The molecule has 2 rings (SSSR count). The fourth-order valence-corrected chi connectivity index (χ4v) is 2.62. The molecule has 0 aromatic heterocycles. The minimum Gasteiger partial charge on any atom is -0.494 e. The number of benzene rings is 2. The van der Waals surface area contributed by atoms with Crippen LogP contribution >= 0.6 is 0 Å². The Balaban J connectivity index is 1.57. The van der Waals surface area contributed by atoms with Crippen molar-refractivity contribution in [3.05, 3.63) is 65.2 Å². The number of nitriles is 1. The van der Waals surface area contributed by atoms with Gasteiger partial charge in [0.15, 0.2) is 0 Å². The third-order valence-corrected chi connectivity index (χ3v) is 4.07. The molecule has 0 N–H and O–H groups in total. The number of carbonyl (C=O) groups is 1. The molecular formula is C22H25NO3. The van der Waals surface area contributed by atoms with Crippen molar-refractivity contribution < 1.29 is 14.3 Å². The molecule has 0 unspecified atom stereocenters. The summed E-state index contributed by atoms with van der Waals surface area (Å²) in [6, 6.07) is 17.5. The van der Waals surface area contributed by atoms with Gasteiger partial charge in [-0.25, -0.2) is 0 Å². The summed E-state index contributed by atoms with van der Waals surface area (Å²) in [5.74, 6) is 0.743. The van der Waals surface area contributed by atoms with E-state index in [0.29, 0.717) is 31.6 Å². The van der Waals surface area contributed by atoms with E-state index in [1.54, 1.807) is 12.1 Å². The highest BCUT2D eigenvalue weighted by Crippen LogP contribution is 2.14. The molecule has 0 heterocycles. The van der Waals surface area contributed by atoms with Gasteiger partial charge in [0, 0.05) is 12.8 Å². The summed E-state index contributed by atoms with van der Waals surface area (Å²) in [5, 5.41) is 8.76. The molecule has 0 atom stereocenters. The van der Waals surface area contributed by atoms with Gasteiger partial charge in [-0.2, -0.15) is 5.26 Å². The first-order valence-electron chi connectivity index (χ1n) is 9.07. The zero-order valence-electron chi connectivity index (χ0n) is 15.2. The molecule has 0 amide bonds. The summed E-state index contributed by atoms with van der Waals surface area (Å²) in [7, 11) is 0. The molecular weight excluding hydrogens is 326 g/mol. The van der Waals surface area contributed by atoms with E-state index in [-0.39, 0.29) is 5.97 Å². The van der Waals surface area contributed by atoms with E-state index < -0.39 is 0 Å². The standard InChI is InChI=1S/C22H25NO3/c1-2-25-21-13-11-18(12-14-21)5-3-4-6-22(24)26-16-15-19-7-9-20(17-23)10-8-19/h7-14H,2-6,15-16H2,1H3. The van der Waals surface area contributed by atoms with Crippen LogP contribution in [0.3, 0.4) is 0 Å². The van der Waals surface area contributed by atoms with Crippen molar-refractivity contribution in [2.75, 3.05) is 13.2 Å². The van der Waals surface area contributed by atoms with Gasteiger partial charge in [-0.3, -0.25) is 4.79 Å². The van der Waals surface area contributed by atoms with Crippen molar-refractivity contribution in [2.24, 2.45) is 0 Å². The lowest BCUT2D eigenvalue weighted by molar-refractivity contribution is -0.143. The van der Waals surface area contributed by atoms with Crippen LogP contribution in [-0.2, 0) is 22.4 Å². The Morgan fingerprint density at radius 2 is 1.62 bits per heavy atom. The van der Waals surface area contributed by atoms with Gasteiger partial charge in [0.25, 0.3) is 0 Å². The highest BCUT2D eigenvalue weighted by molar-refractivity contribution is 5.69. The van der Waals surface area contributed by atoms with E-state index >= 15 is 0 Å². The monoisotopic (exact) mass is 351 g/mol. The lowest BCUT2D eigenvalue weighted by Gasteiger charge is -2.06. The van der Waals surface area contributed by atoms with Crippen molar-refractivity contribution in [2.45, 2.75) is 39.0 Å². The second kappa shape index (κ2) is 10.9. The minimum atomic E-state index is -0.148. The van der Waals surface area contributed by atoms with Crippen LogP contribution in [0.5, 0.6) is 5.75 Å². The molecule has 2 aromatic rings. The smallest absolute Gasteiger partial charge is 0.305 e. The molecule has 0 fully saturated rings. The SMILES string of the molecule is CCOc1ccc(CCCCC(=O)OCCc2ccc(C#N)cc2)cc1. The summed E-state index contributed by atoms with van der Waals surface area (Å²) in [6.07, 6.45) is 3.85. The number of ether oxygens (including phenoxy) is 2. The molecule has 0 radical (unpaired) electrons. The van der Waals surface area contributed by atoms with Crippen LogP contribution in [0.2, 0.25) is 0 Å². The van der Waals surface area contributed by atoms with Gasteiger partial charge in [-0.15, -0.1) is 0 Å². The summed E-state index contributed by atoms with van der Waals surface area (Å²) in [5.41, 5.74) is 2.95. The van der Waals surface area contributed by atoms with Crippen molar-refractivity contribution in [3.8, 4) is 11.8 Å². The first-order chi connectivity index (χ1) is 12.7. The van der Waals surface area contributed by atoms with E-state index in [0.717, 1.165) is 30.6 Å². The fraction of sp³-hybridized carbons (Fsp3) is 0.364. The third kappa shape index (κ3) is 6.98. The molecule has 0 aliphatic carbocycles. The van der Waals surface area contributed by atoms with Crippen LogP contribution in [0.15, 0.2) is 48.5 Å². The van der Waals surface area contributed by atoms with Gasteiger partial charge in [-0.1, -0.05) is 24.3 Å². The van der Waals surface area contributed by atoms with E-state index in [1.807, 2.05) is 31.2 Å². The highest BCUT2D eigenvalue weighted by atomic mass is 16.5.